The van der Waals surface area contributed by atoms with E-state index in [1.165, 1.54) is 0 Å². The number of nitrogens with two attached hydrogens (primary N) is 1. The fraction of sp³-hybridized carbons (Fsp3) is 0.500. The van der Waals surface area contributed by atoms with Crippen molar-refractivity contribution in [2.24, 2.45) is 5.73 Å². The van der Waals surface area contributed by atoms with Gasteiger partial charge in [0.15, 0.2) is 0 Å². The van der Waals surface area contributed by atoms with E-state index in [0.717, 1.165) is 11.3 Å². The van der Waals surface area contributed by atoms with E-state index in [2.05, 4.69) is 5.32 Å². The van der Waals surface area contributed by atoms with Gasteiger partial charge in [0.2, 0.25) is 5.91 Å². The SMILES string of the molecule is Cc1cccc(OCCNC(=O)CCC(C)N)c1. The third-order valence-corrected chi connectivity index (χ3v) is 2.51. The number of ether oxygens (including phenoxy) is 1. The summed E-state index contributed by atoms with van der Waals surface area (Å²) in [4.78, 5) is 11.4. The Balaban J connectivity index is 2.13. The second-order valence-corrected chi connectivity index (χ2v) is 4.53. The van der Waals surface area contributed by atoms with Gasteiger partial charge in [0.1, 0.15) is 12.4 Å². The lowest BCUT2D eigenvalue weighted by Crippen LogP contribution is -2.29. The minimum atomic E-state index is 0.0279. The van der Waals surface area contributed by atoms with Gasteiger partial charge in [-0.1, -0.05) is 12.1 Å². The molecule has 0 aliphatic rings. The molecule has 0 saturated carbocycles. The van der Waals surface area contributed by atoms with E-state index < -0.39 is 0 Å². The molecule has 3 N–H and O–H groups in total. The lowest BCUT2D eigenvalue weighted by atomic mass is 10.2. The Morgan fingerprint density at radius 2 is 2.28 bits per heavy atom. The van der Waals surface area contributed by atoms with Crippen molar-refractivity contribution >= 4 is 5.91 Å². The molecule has 4 nitrogen and oxygen atoms in total. The molecule has 100 valence electrons. The Morgan fingerprint density at radius 1 is 1.50 bits per heavy atom. The first-order chi connectivity index (χ1) is 8.58. The maximum atomic E-state index is 11.4. The van der Waals surface area contributed by atoms with Gasteiger partial charge in [-0.2, -0.15) is 0 Å². The molecule has 1 aromatic rings. The summed E-state index contributed by atoms with van der Waals surface area (Å²) in [6.07, 6.45) is 1.19. The minimum Gasteiger partial charge on any atom is -0.492 e. The number of nitrogens with one attached hydrogen (secondary N) is 1. The van der Waals surface area contributed by atoms with Crippen LogP contribution in [0.1, 0.15) is 25.3 Å². The number of aryl methyl sites for hydroxylation is 1. The highest BCUT2D eigenvalue weighted by Gasteiger charge is 2.02. The zero-order chi connectivity index (χ0) is 13.4. The summed E-state index contributed by atoms with van der Waals surface area (Å²) in [7, 11) is 0. The van der Waals surface area contributed by atoms with Gasteiger partial charge < -0.3 is 15.8 Å². The Morgan fingerprint density at radius 3 is 2.94 bits per heavy atom. The highest BCUT2D eigenvalue weighted by atomic mass is 16.5. The third-order valence-electron chi connectivity index (χ3n) is 2.51. The zero-order valence-corrected chi connectivity index (χ0v) is 11.1. The normalized spacial score (nSPS) is 11.9. The molecule has 0 bridgehead atoms. The van der Waals surface area contributed by atoms with E-state index in [0.29, 0.717) is 26.0 Å². The minimum absolute atomic E-state index is 0.0279. The maximum absolute atomic E-state index is 11.4. The van der Waals surface area contributed by atoms with Crippen molar-refractivity contribution in [3.63, 3.8) is 0 Å². The molecule has 0 heterocycles. The fourth-order valence-corrected chi connectivity index (χ4v) is 1.51. The van der Waals surface area contributed by atoms with Crippen LogP contribution < -0.4 is 15.8 Å². The molecule has 0 spiro atoms. The average Bonchev–Trinajstić information content (AvgIpc) is 2.32. The molecule has 0 radical (unpaired) electrons. The van der Waals surface area contributed by atoms with Crippen molar-refractivity contribution in [2.75, 3.05) is 13.2 Å². The molecule has 1 atom stereocenters. The molecule has 1 rings (SSSR count). The van der Waals surface area contributed by atoms with E-state index >= 15 is 0 Å². The topological polar surface area (TPSA) is 64.3 Å². The maximum Gasteiger partial charge on any atom is 0.220 e. The van der Waals surface area contributed by atoms with Gasteiger partial charge in [-0.15, -0.1) is 0 Å². The van der Waals surface area contributed by atoms with E-state index in [9.17, 15) is 4.79 Å². The number of hydrogen-bond donors (Lipinski definition) is 2. The van der Waals surface area contributed by atoms with Gasteiger partial charge in [0.05, 0.1) is 6.54 Å². The van der Waals surface area contributed by atoms with Crippen molar-refractivity contribution < 1.29 is 9.53 Å². The second kappa shape index (κ2) is 7.71. The molecule has 0 aromatic heterocycles. The summed E-state index contributed by atoms with van der Waals surface area (Å²) < 4.78 is 5.52. The number of amides is 1. The molecule has 1 aromatic carbocycles. The Kier molecular flexibility index (Phi) is 6.22. The summed E-state index contributed by atoms with van der Waals surface area (Å²) in [6, 6.07) is 7.91. The van der Waals surface area contributed by atoms with Gasteiger partial charge in [-0.05, 0) is 38.0 Å². The third kappa shape index (κ3) is 6.25. The van der Waals surface area contributed by atoms with Crippen molar-refractivity contribution in [2.45, 2.75) is 32.7 Å². The number of hydrogen-bond acceptors (Lipinski definition) is 3. The predicted octanol–water partition coefficient (Wildman–Crippen LogP) is 1.62. The van der Waals surface area contributed by atoms with Gasteiger partial charge in [-0.25, -0.2) is 0 Å². The molecule has 4 heteroatoms. The molecule has 1 unspecified atom stereocenters. The number of carbonyl (C=O) groups is 1. The van der Waals surface area contributed by atoms with Gasteiger partial charge in [-0.3, -0.25) is 4.79 Å². The van der Waals surface area contributed by atoms with Crippen LogP contribution in [0.3, 0.4) is 0 Å². The lowest BCUT2D eigenvalue weighted by Gasteiger charge is -2.09. The molecule has 0 aliphatic heterocycles. The molecule has 1 amide bonds. The van der Waals surface area contributed by atoms with E-state index in [-0.39, 0.29) is 11.9 Å². The predicted molar refractivity (Wildman–Crippen MR) is 72.6 cm³/mol. The average molecular weight is 250 g/mol. The van der Waals surface area contributed by atoms with Crippen LogP contribution >= 0.6 is 0 Å². The van der Waals surface area contributed by atoms with Crippen LogP contribution in [0, 0.1) is 6.92 Å². The number of rotatable bonds is 7. The molecule has 0 fully saturated rings. The van der Waals surface area contributed by atoms with Crippen LogP contribution in [0.15, 0.2) is 24.3 Å². The van der Waals surface area contributed by atoms with Crippen LogP contribution in [0.5, 0.6) is 5.75 Å². The highest BCUT2D eigenvalue weighted by molar-refractivity contribution is 5.75. The Bertz CT molecular complexity index is 378. The second-order valence-electron chi connectivity index (χ2n) is 4.53. The highest BCUT2D eigenvalue weighted by Crippen LogP contribution is 2.11. The Labute approximate surface area is 109 Å². The molecule has 18 heavy (non-hydrogen) atoms. The van der Waals surface area contributed by atoms with Crippen LogP contribution in [-0.4, -0.2) is 25.1 Å². The fourth-order valence-electron chi connectivity index (χ4n) is 1.51. The monoisotopic (exact) mass is 250 g/mol. The summed E-state index contributed by atoms with van der Waals surface area (Å²) in [6.45, 7) is 4.91. The lowest BCUT2D eigenvalue weighted by molar-refractivity contribution is -0.121. The van der Waals surface area contributed by atoms with Crippen molar-refractivity contribution in [1.29, 1.82) is 0 Å². The molecular formula is C14H22N2O2. The molecule has 0 aliphatic carbocycles. The summed E-state index contributed by atoms with van der Waals surface area (Å²) in [5, 5.41) is 2.80. The zero-order valence-electron chi connectivity index (χ0n) is 11.1. The molecule has 0 saturated heterocycles. The smallest absolute Gasteiger partial charge is 0.220 e. The summed E-state index contributed by atoms with van der Waals surface area (Å²) in [5.41, 5.74) is 6.74. The van der Waals surface area contributed by atoms with Crippen LogP contribution in [-0.2, 0) is 4.79 Å². The van der Waals surface area contributed by atoms with Crippen LogP contribution in [0.2, 0.25) is 0 Å². The largest absolute Gasteiger partial charge is 0.492 e. The van der Waals surface area contributed by atoms with E-state index in [1.54, 1.807) is 0 Å². The number of carbonyl (C=O) groups excluding carboxylic acids is 1. The summed E-state index contributed by atoms with van der Waals surface area (Å²) >= 11 is 0. The van der Waals surface area contributed by atoms with Crippen LogP contribution in [0.25, 0.3) is 0 Å². The first-order valence-corrected chi connectivity index (χ1v) is 6.29. The van der Waals surface area contributed by atoms with E-state index in [1.807, 2.05) is 38.1 Å². The van der Waals surface area contributed by atoms with Gasteiger partial charge in [0, 0.05) is 12.5 Å². The van der Waals surface area contributed by atoms with Crippen molar-refractivity contribution in [3.8, 4) is 5.75 Å². The standard InChI is InChI=1S/C14H22N2O2/c1-11-4-3-5-13(10-11)18-9-8-16-14(17)7-6-12(2)15/h3-5,10,12H,6-9,15H2,1-2H3,(H,16,17). The quantitative estimate of drug-likeness (QED) is 0.723. The van der Waals surface area contributed by atoms with Gasteiger partial charge in [0.25, 0.3) is 0 Å². The first kappa shape index (κ1) is 14.5. The van der Waals surface area contributed by atoms with Crippen LogP contribution in [0.4, 0.5) is 0 Å². The van der Waals surface area contributed by atoms with E-state index in [4.69, 9.17) is 10.5 Å². The molecular weight excluding hydrogens is 228 g/mol. The van der Waals surface area contributed by atoms with Gasteiger partial charge >= 0.3 is 0 Å². The van der Waals surface area contributed by atoms with Crippen molar-refractivity contribution in [1.82, 2.24) is 5.32 Å². The summed E-state index contributed by atoms with van der Waals surface area (Å²) in [5.74, 6) is 0.861. The van der Waals surface area contributed by atoms with Crippen molar-refractivity contribution in [3.05, 3.63) is 29.8 Å². The Hall–Kier alpha value is -1.55. The number of benzene rings is 1. The first-order valence-electron chi connectivity index (χ1n) is 6.29.